The minimum atomic E-state index is -0.669. The van der Waals surface area contributed by atoms with E-state index in [-0.39, 0.29) is 29.4 Å². The van der Waals surface area contributed by atoms with Crippen LogP contribution in [0.25, 0.3) is 0 Å². The highest BCUT2D eigenvalue weighted by atomic mass is 16.5. The van der Waals surface area contributed by atoms with E-state index in [9.17, 15) is 14.7 Å². The number of hydrogen-bond donors (Lipinski definition) is 2. The molecule has 1 rings (SSSR count). The highest BCUT2D eigenvalue weighted by Crippen LogP contribution is 2.29. The summed E-state index contributed by atoms with van der Waals surface area (Å²) >= 11 is 0. The molecule has 5 heteroatoms. The minimum Gasteiger partial charge on any atom is -0.504 e. The molecule has 0 aliphatic rings. The smallest absolute Gasteiger partial charge is 0.316 e. The molecular formula is C17H25NO4. The molecule has 1 aromatic carbocycles. The summed E-state index contributed by atoms with van der Waals surface area (Å²) in [7, 11) is 0. The average Bonchev–Trinajstić information content (AvgIpc) is 2.36. The van der Waals surface area contributed by atoms with Gasteiger partial charge in [0.1, 0.15) is 0 Å². The van der Waals surface area contributed by atoms with E-state index in [0.29, 0.717) is 5.56 Å². The third kappa shape index (κ3) is 5.48. The Kier molecular flexibility index (Phi) is 5.35. The molecule has 0 aliphatic heterocycles. The molecule has 2 N–H and O–H groups in total. The van der Waals surface area contributed by atoms with E-state index in [0.717, 1.165) is 0 Å². The van der Waals surface area contributed by atoms with Gasteiger partial charge in [0.05, 0.1) is 12.0 Å². The van der Waals surface area contributed by atoms with E-state index in [1.54, 1.807) is 20.8 Å². The van der Waals surface area contributed by atoms with Crippen LogP contribution in [0.1, 0.15) is 51.9 Å². The summed E-state index contributed by atoms with van der Waals surface area (Å²) in [5.41, 5.74) is -0.470. The second-order valence-corrected chi connectivity index (χ2v) is 7.35. The van der Waals surface area contributed by atoms with Crippen LogP contribution in [0.4, 0.5) is 0 Å². The zero-order valence-electron chi connectivity index (χ0n) is 14.1. The fourth-order valence-electron chi connectivity index (χ4n) is 1.48. The first-order chi connectivity index (χ1) is 9.90. The lowest BCUT2D eigenvalue weighted by atomic mass is 9.97. The van der Waals surface area contributed by atoms with Crippen molar-refractivity contribution in [2.45, 2.75) is 47.1 Å². The van der Waals surface area contributed by atoms with Gasteiger partial charge in [0.15, 0.2) is 17.3 Å². The lowest BCUT2D eigenvalue weighted by Crippen LogP contribution is -2.39. The molecule has 0 aromatic heterocycles. The summed E-state index contributed by atoms with van der Waals surface area (Å²) in [6, 6.07) is 4.29. The number of aromatic hydroxyl groups is 1. The predicted octanol–water partition coefficient (Wildman–Crippen LogP) is 2.91. The van der Waals surface area contributed by atoms with Crippen LogP contribution in [-0.2, 0) is 4.79 Å². The first-order valence-corrected chi connectivity index (χ1v) is 7.24. The number of Topliss-reactive ketones (excluding diaryl/α,β-unsaturated/α-hetero) is 1. The van der Waals surface area contributed by atoms with Crippen LogP contribution >= 0.6 is 0 Å². The van der Waals surface area contributed by atoms with E-state index in [1.165, 1.54) is 18.2 Å². The number of hydrogen-bond acceptors (Lipinski definition) is 5. The van der Waals surface area contributed by atoms with E-state index in [2.05, 4.69) is 5.32 Å². The Bertz CT molecular complexity index is 565. The third-order valence-corrected chi connectivity index (χ3v) is 2.88. The summed E-state index contributed by atoms with van der Waals surface area (Å²) < 4.78 is 5.14. The van der Waals surface area contributed by atoms with Crippen molar-refractivity contribution in [1.29, 1.82) is 0 Å². The molecule has 0 amide bonds. The molecule has 0 fully saturated rings. The average molecular weight is 307 g/mol. The highest BCUT2D eigenvalue weighted by molar-refractivity contribution is 5.98. The Balaban J connectivity index is 2.81. The number of carbonyl (C=O) groups excluding carboxylic acids is 2. The van der Waals surface area contributed by atoms with Crippen LogP contribution in [0.15, 0.2) is 18.2 Å². The maximum absolute atomic E-state index is 12.1. The van der Waals surface area contributed by atoms with E-state index in [1.807, 2.05) is 20.8 Å². The quantitative estimate of drug-likeness (QED) is 0.508. The Hall–Kier alpha value is -1.88. The van der Waals surface area contributed by atoms with E-state index < -0.39 is 11.4 Å². The zero-order valence-corrected chi connectivity index (χ0v) is 14.1. The van der Waals surface area contributed by atoms with Crippen molar-refractivity contribution in [3.63, 3.8) is 0 Å². The van der Waals surface area contributed by atoms with Gasteiger partial charge >= 0.3 is 5.97 Å². The topological polar surface area (TPSA) is 75.6 Å². The van der Waals surface area contributed by atoms with Crippen LogP contribution in [0, 0.1) is 5.41 Å². The third-order valence-electron chi connectivity index (χ3n) is 2.88. The van der Waals surface area contributed by atoms with Crippen LogP contribution in [0.5, 0.6) is 11.5 Å². The number of nitrogens with one attached hydrogen (secondary N) is 1. The number of rotatable bonds is 4. The number of phenols is 1. The predicted molar refractivity (Wildman–Crippen MR) is 85.3 cm³/mol. The minimum absolute atomic E-state index is 0.0558. The highest BCUT2D eigenvalue weighted by Gasteiger charge is 2.25. The summed E-state index contributed by atoms with van der Waals surface area (Å²) in [4.78, 5) is 23.9. The van der Waals surface area contributed by atoms with Gasteiger partial charge in [0.2, 0.25) is 0 Å². The Morgan fingerprint density at radius 3 is 2.18 bits per heavy atom. The van der Waals surface area contributed by atoms with Gasteiger partial charge in [-0.1, -0.05) is 0 Å². The van der Waals surface area contributed by atoms with E-state index >= 15 is 0 Å². The maximum Gasteiger partial charge on any atom is 0.316 e. The molecule has 0 spiro atoms. The number of carbonyl (C=O) groups is 2. The summed E-state index contributed by atoms with van der Waals surface area (Å²) in [5, 5.41) is 13.0. The molecule has 0 saturated carbocycles. The molecule has 0 radical (unpaired) electrons. The summed E-state index contributed by atoms with van der Waals surface area (Å²) in [6.45, 7) is 11.2. The van der Waals surface area contributed by atoms with Crippen LogP contribution < -0.4 is 10.1 Å². The van der Waals surface area contributed by atoms with Gasteiger partial charge in [-0.2, -0.15) is 0 Å². The van der Waals surface area contributed by atoms with Gasteiger partial charge in [0.25, 0.3) is 0 Å². The van der Waals surface area contributed by atoms with Gasteiger partial charge in [-0.3, -0.25) is 9.59 Å². The molecule has 5 nitrogen and oxygen atoms in total. The number of ether oxygens (including phenoxy) is 1. The van der Waals surface area contributed by atoms with E-state index in [4.69, 9.17) is 4.74 Å². The Labute approximate surface area is 131 Å². The molecule has 0 unspecified atom stereocenters. The largest absolute Gasteiger partial charge is 0.504 e. The standard InChI is InChI=1S/C17H25NO4/c1-16(2,3)15(21)22-14-8-7-11(9-12(14)19)13(20)10-18-17(4,5)6/h7-9,18-19H,10H2,1-6H3. The fraction of sp³-hybridized carbons (Fsp3) is 0.529. The number of ketones is 1. The van der Waals surface area contributed by atoms with Crippen molar-refractivity contribution in [3.05, 3.63) is 23.8 Å². The molecule has 0 aliphatic carbocycles. The maximum atomic E-state index is 12.1. The van der Waals surface area contributed by atoms with Crippen molar-refractivity contribution >= 4 is 11.8 Å². The van der Waals surface area contributed by atoms with Gasteiger partial charge in [0, 0.05) is 11.1 Å². The first-order valence-electron chi connectivity index (χ1n) is 7.24. The second kappa shape index (κ2) is 6.48. The number of phenolic OH excluding ortho intramolecular Hbond substituents is 1. The fourth-order valence-corrected chi connectivity index (χ4v) is 1.48. The monoisotopic (exact) mass is 307 g/mol. The first kappa shape index (κ1) is 18.2. The lowest BCUT2D eigenvalue weighted by molar-refractivity contribution is -0.143. The van der Waals surface area contributed by atoms with Crippen molar-refractivity contribution in [1.82, 2.24) is 5.32 Å². The van der Waals surface area contributed by atoms with Crippen LogP contribution in [0.2, 0.25) is 0 Å². The zero-order chi connectivity index (χ0) is 17.1. The molecule has 0 atom stereocenters. The van der Waals surface area contributed by atoms with Crippen LogP contribution in [-0.4, -0.2) is 28.9 Å². The summed E-state index contributed by atoms with van der Waals surface area (Å²) in [6.07, 6.45) is 0. The van der Waals surface area contributed by atoms with Gasteiger partial charge < -0.3 is 15.2 Å². The number of esters is 1. The van der Waals surface area contributed by atoms with Gasteiger partial charge in [-0.15, -0.1) is 0 Å². The molecule has 0 bridgehead atoms. The van der Waals surface area contributed by atoms with Crippen molar-refractivity contribution in [2.75, 3.05) is 6.54 Å². The van der Waals surface area contributed by atoms with Crippen molar-refractivity contribution < 1.29 is 19.4 Å². The molecule has 122 valence electrons. The molecule has 0 saturated heterocycles. The van der Waals surface area contributed by atoms with Gasteiger partial charge in [-0.25, -0.2) is 0 Å². The number of benzene rings is 1. The SMILES string of the molecule is CC(C)(C)NCC(=O)c1ccc(OC(=O)C(C)(C)C)c(O)c1. The Morgan fingerprint density at radius 2 is 1.73 bits per heavy atom. The normalized spacial score (nSPS) is 12.1. The van der Waals surface area contributed by atoms with Gasteiger partial charge in [-0.05, 0) is 59.7 Å². The summed E-state index contributed by atoms with van der Waals surface area (Å²) in [5.74, 6) is -0.755. The molecule has 0 heterocycles. The Morgan fingerprint density at radius 1 is 1.14 bits per heavy atom. The lowest BCUT2D eigenvalue weighted by Gasteiger charge is -2.20. The molecule has 1 aromatic rings. The molecule has 22 heavy (non-hydrogen) atoms. The van der Waals surface area contributed by atoms with Crippen molar-refractivity contribution in [2.24, 2.45) is 5.41 Å². The second-order valence-electron chi connectivity index (χ2n) is 7.35. The van der Waals surface area contributed by atoms with Crippen molar-refractivity contribution in [3.8, 4) is 11.5 Å². The molecular weight excluding hydrogens is 282 g/mol. The van der Waals surface area contributed by atoms with Crippen LogP contribution in [0.3, 0.4) is 0 Å².